The molecule has 0 aliphatic heterocycles. The van der Waals surface area contributed by atoms with E-state index in [9.17, 15) is 14.4 Å². The second-order valence-electron chi connectivity index (χ2n) is 6.75. The van der Waals surface area contributed by atoms with Crippen LogP contribution in [0.15, 0.2) is 24.3 Å². The van der Waals surface area contributed by atoms with Crippen LogP contribution in [0.25, 0.3) is 0 Å². The maximum absolute atomic E-state index is 12.7. The molecule has 0 radical (unpaired) electrons. The highest BCUT2D eigenvalue weighted by Crippen LogP contribution is 2.19. The zero-order valence-corrected chi connectivity index (χ0v) is 15.1. The summed E-state index contributed by atoms with van der Waals surface area (Å²) < 4.78 is 0. The summed E-state index contributed by atoms with van der Waals surface area (Å²) in [5.41, 5.74) is 6.44. The van der Waals surface area contributed by atoms with E-state index in [1.165, 1.54) is 17.9 Å². The van der Waals surface area contributed by atoms with Crippen LogP contribution in [0.1, 0.15) is 34.6 Å². The van der Waals surface area contributed by atoms with E-state index >= 15 is 0 Å². The molecule has 0 heterocycles. The van der Waals surface area contributed by atoms with Gasteiger partial charge in [0.25, 0.3) is 0 Å². The third-order valence-electron chi connectivity index (χ3n) is 3.29. The fourth-order valence-corrected chi connectivity index (χ4v) is 2.46. The van der Waals surface area contributed by atoms with E-state index in [4.69, 9.17) is 5.73 Å². The number of nitrogen functional groups attached to an aromatic ring is 1. The van der Waals surface area contributed by atoms with E-state index in [2.05, 4.69) is 0 Å². The second kappa shape index (κ2) is 8.47. The number of benzene rings is 1. The van der Waals surface area contributed by atoms with Crippen molar-refractivity contribution in [2.75, 3.05) is 23.7 Å². The number of carbonyl (C=O) groups excluding carboxylic acids is 3. The van der Waals surface area contributed by atoms with Gasteiger partial charge in [-0.3, -0.25) is 14.4 Å². The number of amides is 3. The predicted molar refractivity (Wildman–Crippen MR) is 95.3 cm³/mol. The van der Waals surface area contributed by atoms with Crippen LogP contribution in [0.3, 0.4) is 0 Å². The van der Waals surface area contributed by atoms with Crippen molar-refractivity contribution in [2.45, 2.75) is 34.6 Å². The lowest BCUT2D eigenvalue weighted by molar-refractivity contribution is -0.146. The second-order valence-corrected chi connectivity index (χ2v) is 6.75. The van der Waals surface area contributed by atoms with Gasteiger partial charge in [0.15, 0.2) is 0 Å². The largest absolute Gasteiger partial charge is 0.399 e. The van der Waals surface area contributed by atoms with Crippen LogP contribution in [-0.2, 0) is 14.4 Å². The number of nitrogens with zero attached hydrogens (tertiary/aromatic N) is 2. The lowest BCUT2D eigenvalue weighted by atomic mass is 10.1. The van der Waals surface area contributed by atoms with Gasteiger partial charge in [-0.15, -0.1) is 0 Å². The first kappa shape index (κ1) is 19.7. The van der Waals surface area contributed by atoms with Gasteiger partial charge in [-0.05, 0) is 30.0 Å². The number of hydrogen-bond donors (Lipinski definition) is 1. The van der Waals surface area contributed by atoms with Crippen LogP contribution in [-0.4, -0.2) is 35.7 Å². The molecule has 0 saturated carbocycles. The minimum atomic E-state index is -0.852. The fraction of sp³-hybridized carbons (Fsp3) is 0.500. The molecule has 0 fully saturated rings. The zero-order chi connectivity index (χ0) is 18.4. The van der Waals surface area contributed by atoms with Gasteiger partial charge in [0, 0.05) is 25.7 Å². The normalized spacial score (nSPS) is 10.8. The van der Waals surface area contributed by atoms with Crippen LogP contribution in [0, 0.1) is 11.8 Å². The number of carbonyl (C=O) groups is 3. The molecule has 6 nitrogen and oxygen atoms in total. The van der Waals surface area contributed by atoms with Crippen molar-refractivity contribution in [3.05, 3.63) is 24.3 Å². The van der Waals surface area contributed by atoms with Gasteiger partial charge in [0.05, 0.1) is 5.69 Å². The molecule has 1 aromatic carbocycles. The van der Waals surface area contributed by atoms with E-state index in [1.807, 2.05) is 27.7 Å². The molecule has 0 bridgehead atoms. The van der Waals surface area contributed by atoms with Crippen LogP contribution in [0.4, 0.5) is 11.4 Å². The number of rotatable bonds is 5. The van der Waals surface area contributed by atoms with Gasteiger partial charge >= 0.3 is 11.8 Å². The Kier molecular flexibility index (Phi) is 6.95. The lowest BCUT2D eigenvalue weighted by Gasteiger charge is -2.28. The van der Waals surface area contributed by atoms with Crippen molar-refractivity contribution in [1.82, 2.24) is 4.90 Å². The third kappa shape index (κ3) is 5.37. The average molecular weight is 333 g/mol. The molecule has 0 atom stereocenters. The fourth-order valence-electron chi connectivity index (χ4n) is 2.46. The van der Waals surface area contributed by atoms with Gasteiger partial charge < -0.3 is 10.6 Å². The van der Waals surface area contributed by atoms with Crippen LogP contribution in [0.2, 0.25) is 0 Å². The standard InChI is InChI=1S/C18H27N3O3/c1-12(2)10-20(11-13(3)4)17(23)18(24)21(14(5)22)16-8-6-7-15(19)9-16/h6-9,12-13H,10-11,19H2,1-5H3. The van der Waals surface area contributed by atoms with E-state index in [0.29, 0.717) is 24.5 Å². The number of hydrogen-bond acceptors (Lipinski definition) is 4. The van der Waals surface area contributed by atoms with Crippen LogP contribution >= 0.6 is 0 Å². The Labute approximate surface area is 143 Å². The molecular weight excluding hydrogens is 306 g/mol. The molecule has 0 spiro atoms. The molecule has 132 valence electrons. The SMILES string of the molecule is CC(=O)N(C(=O)C(=O)N(CC(C)C)CC(C)C)c1cccc(N)c1. The number of anilines is 2. The van der Waals surface area contributed by atoms with Crippen LogP contribution in [0.5, 0.6) is 0 Å². The first-order chi connectivity index (χ1) is 11.1. The smallest absolute Gasteiger partial charge is 0.323 e. The van der Waals surface area contributed by atoms with E-state index in [0.717, 1.165) is 4.90 Å². The van der Waals surface area contributed by atoms with Gasteiger partial charge in [-0.1, -0.05) is 33.8 Å². The highest BCUT2D eigenvalue weighted by atomic mass is 16.2. The molecule has 3 amide bonds. The summed E-state index contributed by atoms with van der Waals surface area (Å²) in [4.78, 5) is 39.7. The Hall–Kier alpha value is -2.37. The van der Waals surface area contributed by atoms with E-state index in [1.54, 1.807) is 18.2 Å². The molecule has 0 unspecified atom stereocenters. The first-order valence-electron chi connectivity index (χ1n) is 8.13. The molecule has 2 N–H and O–H groups in total. The van der Waals surface area contributed by atoms with Gasteiger partial charge in [0.2, 0.25) is 5.91 Å². The molecule has 0 aliphatic rings. The zero-order valence-electron chi connectivity index (χ0n) is 15.1. The number of nitrogens with two attached hydrogens (primary N) is 1. The minimum absolute atomic E-state index is 0.221. The van der Waals surface area contributed by atoms with Gasteiger partial charge in [-0.2, -0.15) is 0 Å². The first-order valence-corrected chi connectivity index (χ1v) is 8.13. The maximum Gasteiger partial charge on any atom is 0.323 e. The summed E-state index contributed by atoms with van der Waals surface area (Å²) in [5, 5.41) is 0. The average Bonchev–Trinajstić information content (AvgIpc) is 2.44. The maximum atomic E-state index is 12.7. The molecule has 0 saturated heterocycles. The van der Waals surface area contributed by atoms with Gasteiger partial charge in [0.1, 0.15) is 0 Å². The topological polar surface area (TPSA) is 83.7 Å². The monoisotopic (exact) mass is 333 g/mol. The van der Waals surface area contributed by atoms with Crippen molar-refractivity contribution < 1.29 is 14.4 Å². The Morgan fingerprint density at radius 2 is 1.54 bits per heavy atom. The van der Waals surface area contributed by atoms with Crippen molar-refractivity contribution >= 4 is 29.1 Å². The predicted octanol–water partition coefficient (Wildman–Crippen LogP) is 2.29. The highest BCUT2D eigenvalue weighted by Gasteiger charge is 2.31. The van der Waals surface area contributed by atoms with Crippen molar-refractivity contribution in [3.8, 4) is 0 Å². The number of imide groups is 1. The molecule has 24 heavy (non-hydrogen) atoms. The molecular formula is C18H27N3O3. The Morgan fingerprint density at radius 3 is 1.96 bits per heavy atom. The lowest BCUT2D eigenvalue weighted by Crippen LogP contribution is -2.49. The van der Waals surface area contributed by atoms with Crippen LogP contribution < -0.4 is 10.6 Å². The summed E-state index contributed by atoms with van der Waals surface area (Å²) in [6.07, 6.45) is 0. The molecule has 0 aromatic heterocycles. The highest BCUT2D eigenvalue weighted by molar-refractivity contribution is 6.45. The Bertz CT molecular complexity index is 601. The Balaban J connectivity index is 3.12. The summed E-state index contributed by atoms with van der Waals surface area (Å²) in [6.45, 7) is 10.1. The van der Waals surface area contributed by atoms with Crippen molar-refractivity contribution in [3.63, 3.8) is 0 Å². The molecule has 1 rings (SSSR count). The van der Waals surface area contributed by atoms with Gasteiger partial charge in [-0.25, -0.2) is 4.90 Å². The molecule has 1 aromatic rings. The van der Waals surface area contributed by atoms with Crippen molar-refractivity contribution in [1.29, 1.82) is 0 Å². The summed E-state index contributed by atoms with van der Waals surface area (Å²) in [7, 11) is 0. The summed E-state index contributed by atoms with van der Waals surface area (Å²) >= 11 is 0. The Morgan fingerprint density at radius 1 is 1.00 bits per heavy atom. The summed E-state index contributed by atoms with van der Waals surface area (Å²) in [5.74, 6) is -1.60. The summed E-state index contributed by atoms with van der Waals surface area (Å²) in [6, 6.07) is 6.37. The van der Waals surface area contributed by atoms with E-state index < -0.39 is 17.7 Å². The third-order valence-corrected chi connectivity index (χ3v) is 3.29. The molecule has 6 heteroatoms. The van der Waals surface area contributed by atoms with Crippen molar-refractivity contribution in [2.24, 2.45) is 11.8 Å². The minimum Gasteiger partial charge on any atom is -0.399 e. The molecule has 0 aliphatic carbocycles. The quantitative estimate of drug-likeness (QED) is 0.662. The van der Waals surface area contributed by atoms with E-state index in [-0.39, 0.29) is 11.8 Å².